The number of aryl methyl sites for hydroxylation is 1. The van der Waals surface area contributed by atoms with Crippen LogP contribution in [0.3, 0.4) is 0 Å². The second-order valence-corrected chi connectivity index (χ2v) is 9.06. The van der Waals surface area contributed by atoms with Crippen LogP contribution < -0.4 is 5.32 Å². The Bertz CT molecular complexity index is 1260. The molecule has 0 radical (unpaired) electrons. The van der Waals surface area contributed by atoms with Crippen LogP contribution in [-0.4, -0.2) is 69.3 Å². The molecule has 0 saturated carbocycles. The molecule has 0 unspecified atom stereocenters. The quantitative estimate of drug-likeness (QED) is 0.594. The molecule has 9 heteroatoms. The van der Waals surface area contributed by atoms with E-state index in [4.69, 9.17) is 4.74 Å². The van der Waals surface area contributed by atoms with E-state index in [1.807, 2.05) is 30.3 Å². The number of likely N-dealkylation sites (tertiary alicyclic amines) is 1. The SMILES string of the molecule is Cn1ccc(C(=O)Nc2ccccc2C(=O)N2CC[C@@]3(CN(CCc4ccccc4)C(=O)O3)C2)n1. The fourth-order valence-electron chi connectivity index (χ4n) is 4.68. The number of carbonyl (C=O) groups excluding carboxylic acids is 3. The second-order valence-electron chi connectivity index (χ2n) is 9.06. The van der Waals surface area contributed by atoms with E-state index in [0.29, 0.717) is 43.9 Å². The summed E-state index contributed by atoms with van der Waals surface area (Å²) in [4.78, 5) is 42.0. The van der Waals surface area contributed by atoms with E-state index in [2.05, 4.69) is 10.4 Å². The lowest BCUT2D eigenvalue weighted by Crippen LogP contribution is -2.40. The summed E-state index contributed by atoms with van der Waals surface area (Å²) in [7, 11) is 1.73. The third kappa shape index (κ3) is 4.75. The van der Waals surface area contributed by atoms with Gasteiger partial charge in [0.05, 0.1) is 24.3 Å². The van der Waals surface area contributed by atoms with E-state index in [1.165, 1.54) is 0 Å². The summed E-state index contributed by atoms with van der Waals surface area (Å²) in [5.74, 6) is -0.597. The zero-order valence-corrected chi connectivity index (χ0v) is 19.5. The normalized spacial score (nSPS) is 19.3. The van der Waals surface area contributed by atoms with E-state index >= 15 is 0 Å². The van der Waals surface area contributed by atoms with Gasteiger partial charge >= 0.3 is 6.09 Å². The van der Waals surface area contributed by atoms with E-state index in [1.54, 1.807) is 58.1 Å². The van der Waals surface area contributed by atoms with Gasteiger partial charge in [-0.05, 0) is 30.2 Å². The van der Waals surface area contributed by atoms with Crippen molar-refractivity contribution < 1.29 is 19.1 Å². The van der Waals surface area contributed by atoms with E-state index in [-0.39, 0.29) is 23.6 Å². The maximum absolute atomic E-state index is 13.4. The number of anilines is 1. The fraction of sp³-hybridized carbons (Fsp3) is 0.308. The molecule has 0 bridgehead atoms. The van der Waals surface area contributed by atoms with Crippen LogP contribution in [0.4, 0.5) is 10.5 Å². The number of rotatable bonds is 6. The summed E-state index contributed by atoms with van der Waals surface area (Å²) < 4.78 is 7.34. The number of nitrogens with zero attached hydrogens (tertiary/aromatic N) is 4. The Hall–Kier alpha value is -4.14. The first-order valence-electron chi connectivity index (χ1n) is 11.6. The van der Waals surface area contributed by atoms with Crippen molar-refractivity contribution in [2.24, 2.45) is 7.05 Å². The topological polar surface area (TPSA) is 96.8 Å². The monoisotopic (exact) mass is 473 g/mol. The average Bonchev–Trinajstić information content (AvgIpc) is 3.57. The Morgan fingerprint density at radius 2 is 1.83 bits per heavy atom. The number of hydrogen-bond donors (Lipinski definition) is 1. The maximum atomic E-state index is 13.4. The zero-order valence-electron chi connectivity index (χ0n) is 19.5. The summed E-state index contributed by atoms with van der Waals surface area (Å²) >= 11 is 0. The van der Waals surface area contributed by atoms with Crippen molar-refractivity contribution in [2.75, 3.05) is 31.5 Å². The molecule has 0 aliphatic carbocycles. The van der Waals surface area contributed by atoms with Crippen molar-refractivity contribution in [3.8, 4) is 0 Å². The number of amides is 3. The van der Waals surface area contributed by atoms with E-state index in [9.17, 15) is 14.4 Å². The van der Waals surface area contributed by atoms with Crippen LogP contribution in [-0.2, 0) is 18.2 Å². The first-order chi connectivity index (χ1) is 16.9. The van der Waals surface area contributed by atoms with E-state index < -0.39 is 5.60 Å². The van der Waals surface area contributed by atoms with Crippen molar-refractivity contribution >= 4 is 23.6 Å². The van der Waals surface area contributed by atoms with Crippen molar-refractivity contribution in [3.05, 3.63) is 83.7 Å². The molecule has 1 N–H and O–H groups in total. The number of hydrogen-bond acceptors (Lipinski definition) is 5. The van der Waals surface area contributed by atoms with Crippen molar-refractivity contribution in [1.29, 1.82) is 0 Å². The van der Waals surface area contributed by atoms with Crippen LogP contribution in [0.25, 0.3) is 0 Å². The molecule has 3 aromatic rings. The van der Waals surface area contributed by atoms with Gasteiger partial charge in [0.1, 0.15) is 0 Å². The Morgan fingerprint density at radius 3 is 2.60 bits per heavy atom. The smallest absolute Gasteiger partial charge is 0.410 e. The molecule has 2 saturated heterocycles. The molecular formula is C26H27N5O4. The maximum Gasteiger partial charge on any atom is 0.410 e. The molecule has 1 spiro atoms. The number of ether oxygens (including phenoxy) is 1. The minimum absolute atomic E-state index is 0.211. The van der Waals surface area contributed by atoms with Crippen LogP contribution in [0, 0.1) is 0 Å². The molecule has 1 aromatic heterocycles. The predicted octanol–water partition coefficient (Wildman–Crippen LogP) is 2.95. The highest BCUT2D eigenvalue weighted by atomic mass is 16.6. The van der Waals surface area contributed by atoms with E-state index in [0.717, 1.165) is 12.0 Å². The average molecular weight is 474 g/mol. The molecule has 180 valence electrons. The minimum Gasteiger partial charge on any atom is -0.439 e. The summed E-state index contributed by atoms with van der Waals surface area (Å²) in [6.07, 6.45) is 2.67. The van der Waals surface area contributed by atoms with Gasteiger partial charge in [-0.3, -0.25) is 14.3 Å². The number of carbonyl (C=O) groups is 3. The van der Waals surface area contributed by atoms with Crippen LogP contribution in [0.1, 0.15) is 32.8 Å². The van der Waals surface area contributed by atoms with Crippen LogP contribution in [0.2, 0.25) is 0 Å². The van der Waals surface area contributed by atoms with Crippen LogP contribution >= 0.6 is 0 Å². The molecule has 9 nitrogen and oxygen atoms in total. The van der Waals surface area contributed by atoms with Crippen molar-refractivity contribution in [1.82, 2.24) is 19.6 Å². The minimum atomic E-state index is -0.699. The van der Waals surface area contributed by atoms with Gasteiger partial charge < -0.3 is 19.9 Å². The highest BCUT2D eigenvalue weighted by molar-refractivity contribution is 6.08. The summed E-state index contributed by atoms with van der Waals surface area (Å²) in [6, 6.07) is 18.5. The van der Waals surface area contributed by atoms with Gasteiger partial charge in [-0.15, -0.1) is 0 Å². The molecule has 2 aliphatic heterocycles. The Morgan fingerprint density at radius 1 is 1.06 bits per heavy atom. The third-order valence-corrected chi connectivity index (χ3v) is 6.51. The summed E-state index contributed by atoms with van der Waals surface area (Å²) in [5.41, 5.74) is 1.54. The highest BCUT2D eigenvalue weighted by Crippen LogP contribution is 2.34. The summed E-state index contributed by atoms with van der Waals surface area (Å²) in [5, 5.41) is 6.91. The molecule has 2 fully saturated rings. The van der Waals surface area contributed by atoms with Gasteiger partial charge in [0, 0.05) is 32.8 Å². The zero-order chi connectivity index (χ0) is 24.4. The van der Waals surface area contributed by atoms with Gasteiger partial charge in [-0.25, -0.2) is 4.79 Å². The van der Waals surface area contributed by atoms with Crippen molar-refractivity contribution in [3.63, 3.8) is 0 Å². The first kappa shape index (κ1) is 22.6. The fourth-order valence-corrected chi connectivity index (χ4v) is 4.68. The number of aromatic nitrogens is 2. The molecule has 3 heterocycles. The molecule has 2 aliphatic rings. The molecule has 35 heavy (non-hydrogen) atoms. The van der Waals surface area contributed by atoms with Gasteiger partial charge in [0.2, 0.25) is 0 Å². The third-order valence-electron chi connectivity index (χ3n) is 6.51. The number of benzene rings is 2. The van der Waals surface area contributed by atoms with Gasteiger partial charge in [-0.2, -0.15) is 5.10 Å². The van der Waals surface area contributed by atoms with Crippen LogP contribution in [0.15, 0.2) is 66.9 Å². The van der Waals surface area contributed by atoms with Crippen LogP contribution in [0.5, 0.6) is 0 Å². The number of nitrogens with one attached hydrogen (secondary N) is 1. The standard InChI is InChI=1S/C26H27N5O4/c1-29-14-12-22(28-29)23(32)27-21-10-6-5-9-20(21)24(33)30-16-13-26(17-30)18-31(25(34)35-26)15-11-19-7-3-2-4-8-19/h2-10,12,14H,11,13,15-18H2,1H3,(H,27,32)/t26-/m0/s1. The Balaban J connectivity index is 1.24. The Kier molecular flexibility index (Phi) is 5.98. The molecular weight excluding hydrogens is 446 g/mol. The lowest BCUT2D eigenvalue weighted by Gasteiger charge is -2.23. The predicted molar refractivity (Wildman–Crippen MR) is 129 cm³/mol. The molecule has 3 amide bonds. The molecule has 1 atom stereocenters. The lowest BCUT2D eigenvalue weighted by atomic mass is 10.0. The molecule has 2 aromatic carbocycles. The van der Waals surface area contributed by atoms with Gasteiger partial charge in [0.15, 0.2) is 11.3 Å². The largest absolute Gasteiger partial charge is 0.439 e. The van der Waals surface area contributed by atoms with Gasteiger partial charge in [0.25, 0.3) is 11.8 Å². The van der Waals surface area contributed by atoms with Gasteiger partial charge in [-0.1, -0.05) is 42.5 Å². The lowest BCUT2D eigenvalue weighted by molar-refractivity contribution is 0.0553. The summed E-state index contributed by atoms with van der Waals surface area (Å²) in [6.45, 7) is 1.82. The second kappa shape index (κ2) is 9.25. The molecule has 5 rings (SSSR count). The van der Waals surface area contributed by atoms with Crippen molar-refractivity contribution in [2.45, 2.75) is 18.4 Å². The first-order valence-corrected chi connectivity index (χ1v) is 11.6. The highest BCUT2D eigenvalue weighted by Gasteiger charge is 2.50. The number of para-hydroxylation sites is 1. The Labute approximate surface area is 203 Å².